The lowest BCUT2D eigenvalue weighted by Crippen LogP contribution is -2.55. The third-order valence-corrected chi connectivity index (χ3v) is 4.45. The lowest BCUT2D eigenvalue weighted by atomic mass is 9.71. The van der Waals surface area contributed by atoms with E-state index in [2.05, 4.69) is 31.3 Å². The third kappa shape index (κ3) is 2.61. The zero-order valence-electron chi connectivity index (χ0n) is 11.8. The predicted molar refractivity (Wildman–Crippen MR) is 79.1 cm³/mol. The third-order valence-electron chi connectivity index (χ3n) is 4.23. The molecule has 1 saturated heterocycles. The molecule has 0 saturated carbocycles. The van der Waals surface area contributed by atoms with E-state index in [-0.39, 0.29) is 0 Å². The van der Waals surface area contributed by atoms with Crippen molar-refractivity contribution in [2.45, 2.75) is 33.1 Å². The molecule has 1 N–H and O–H groups in total. The van der Waals surface area contributed by atoms with E-state index in [9.17, 15) is 0 Å². The van der Waals surface area contributed by atoms with Crippen molar-refractivity contribution in [3.05, 3.63) is 28.3 Å². The lowest BCUT2D eigenvalue weighted by Gasteiger charge is -2.44. The van der Waals surface area contributed by atoms with Crippen LogP contribution in [0.5, 0.6) is 5.75 Å². The van der Waals surface area contributed by atoms with Crippen LogP contribution in [0.25, 0.3) is 0 Å². The van der Waals surface area contributed by atoms with E-state index in [0.717, 1.165) is 49.2 Å². The molecule has 3 heteroatoms. The molecule has 0 bridgehead atoms. The Morgan fingerprint density at radius 3 is 2.79 bits per heavy atom. The van der Waals surface area contributed by atoms with Gasteiger partial charge in [-0.05, 0) is 47.4 Å². The predicted octanol–water partition coefficient (Wildman–Crippen LogP) is 3.45. The second-order valence-electron chi connectivity index (χ2n) is 6.53. The maximum absolute atomic E-state index is 6.25. The summed E-state index contributed by atoms with van der Waals surface area (Å²) in [5.41, 5.74) is 3.00. The van der Waals surface area contributed by atoms with Crippen LogP contribution in [0.2, 0.25) is 5.02 Å². The highest BCUT2D eigenvalue weighted by Gasteiger charge is 2.38. The van der Waals surface area contributed by atoms with E-state index in [1.54, 1.807) is 0 Å². The van der Waals surface area contributed by atoms with Crippen molar-refractivity contribution in [3.8, 4) is 5.75 Å². The van der Waals surface area contributed by atoms with Crippen molar-refractivity contribution >= 4 is 11.6 Å². The molecular weight excluding hydrogens is 258 g/mol. The highest BCUT2D eigenvalue weighted by molar-refractivity contribution is 6.30. The zero-order chi connectivity index (χ0) is 13.5. The summed E-state index contributed by atoms with van der Waals surface area (Å²) in [7, 11) is 0. The summed E-state index contributed by atoms with van der Waals surface area (Å²) in [5, 5.41) is 4.29. The van der Waals surface area contributed by atoms with Crippen molar-refractivity contribution in [1.82, 2.24) is 5.32 Å². The summed E-state index contributed by atoms with van der Waals surface area (Å²) in [5.74, 6) is 1.84. The Morgan fingerprint density at radius 2 is 2.16 bits per heavy atom. The molecule has 19 heavy (non-hydrogen) atoms. The molecule has 104 valence electrons. The maximum atomic E-state index is 6.25. The van der Waals surface area contributed by atoms with E-state index in [1.165, 1.54) is 17.5 Å². The summed E-state index contributed by atoms with van der Waals surface area (Å²) in [4.78, 5) is 0. The number of benzene rings is 1. The minimum atomic E-state index is 0.401. The number of rotatable bonds is 4. The quantitative estimate of drug-likeness (QED) is 0.911. The van der Waals surface area contributed by atoms with Crippen molar-refractivity contribution < 1.29 is 4.74 Å². The van der Waals surface area contributed by atoms with Crippen LogP contribution in [-0.4, -0.2) is 19.7 Å². The van der Waals surface area contributed by atoms with Crippen LogP contribution in [0.15, 0.2) is 12.1 Å². The molecule has 0 amide bonds. The van der Waals surface area contributed by atoms with Crippen LogP contribution >= 0.6 is 11.6 Å². The fourth-order valence-corrected chi connectivity index (χ4v) is 3.83. The van der Waals surface area contributed by atoms with Gasteiger partial charge in [-0.1, -0.05) is 25.4 Å². The molecule has 2 aliphatic rings. The summed E-state index contributed by atoms with van der Waals surface area (Å²) >= 11 is 6.25. The molecule has 2 aliphatic heterocycles. The first-order valence-corrected chi connectivity index (χ1v) is 7.61. The first kappa shape index (κ1) is 13.3. The van der Waals surface area contributed by atoms with Crippen LogP contribution < -0.4 is 10.1 Å². The lowest BCUT2D eigenvalue weighted by molar-refractivity contribution is 0.130. The summed E-state index contributed by atoms with van der Waals surface area (Å²) in [6.07, 6.45) is 3.35. The molecule has 2 heterocycles. The van der Waals surface area contributed by atoms with E-state index in [0.29, 0.717) is 5.41 Å². The summed E-state index contributed by atoms with van der Waals surface area (Å²) in [6.45, 7) is 7.65. The molecule has 1 aromatic carbocycles. The second-order valence-corrected chi connectivity index (χ2v) is 6.97. The van der Waals surface area contributed by atoms with Gasteiger partial charge in [0.05, 0.1) is 6.61 Å². The van der Waals surface area contributed by atoms with Gasteiger partial charge in [-0.15, -0.1) is 0 Å². The standard InChI is InChI=1S/C16H22ClNO/c1-11(2)7-16(9-18-10-16)8-13-6-14(17)5-12-3-4-19-15(12)13/h5-6,11,18H,3-4,7-10H2,1-2H3. The van der Waals surface area contributed by atoms with Gasteiger partial charge in [0.1, 0.15) is 5.75 Å². The van der Waals surface area contributed by atoms with Crippen LogP contribution in [0, 0.1) is 11.3 Å². The zero-order valence-corrected chi connectivity index (χ0v) is 12.5. The Labute approximate surface area is 120 Å². The van der Waals surface area contributed by atoms with Crippen LogP contribution in [0.1, 0.15) is 31.4 Å². The molecule has 1 fully saturated rings. The number of halogens is 1. The summed E-state index contributed by atoms with van der Waals surface area (Å²) in [6, 6.07) is 4.16. The van der Waals surface area contributed by atoms with E-state index in [1.807, 2.05) is 0 Å². The molecule has 2 nitrogen and oxygen atoms in total. The van der Waals surface area contributed by atoms with Gasteiger partial charge in [0.25, 0.3) is 0 Å². The molecule has 0 aromatic heterocycles. The minimum absolute atomic E-state index is 0.401. The first-order valence-electron chi connectivity index (χ1n) is 7.23. The Bertz CT molecular complexity index is 480. The number of fused-ring (bicyclic) bond motifs is 1. The topological polar surface area (TPSA) is 21.3 Å². The number of ether oxygens (including phenoxy) is 1. The largest absolute Gasteiger partial charge is 0.493 e. The van der Waals surface area contributed by atoms with Gasteiger partial charge < -0.3 is 10.1 Å². The van der Waals surface area contributed by atoms with Gasteiger partial charge in [0, 0.05) is 24.5 Å². The molecule has 3 rings (SSSR count). The van der Waals surface area contributed by atoms with Crippen molar-refractivity contribution in [2.24, 2.45) is 11.3 Å². The van der Waals surface area contributed by atoms with E-state index >= 15 is 0 Å². The van der Waals surface area contributed by atoms with Gasteiger partial charge in [0.2, 0.25) is 0 Å². The van der Waals surface area contributed by atoms with Gasteiger partial charge in [-0.2, -0.15) is 0 Å². The van der Waals surface area contributed by atoms with Crippen LogP contribution in [-0.2, 0) is 12.8 Å². The Hall–Kier alpha value is -0.730. The second kappa shape index (κ2) is 4.99. The molecular formula is C16H22ClNO. The fraction of sp³-hybridized carbons (Fsp3) is 0.625. The Balaban J connectivity index is 1.86. The van der Waals surface area contributed by atoms with Crippen LogP contribution in [0.3, 0.4) is 0 Å². The smallest absolute Gasteiger partial charge is 0.125 e. The maximum Gasteiger partial charge on any atom is 0.125 e. The number of nitrogens with one attached hydrogen (secondary N) is 1. The molecule has 0 radical (unpaired) electrons. The summed E-state index contributed by atoms with van der Waals surface area (Å²) < 4.78 is 5.82. The van der Waals surface area contributed by atoms with Gasteiger partial charge in [-0.3, -0.25) is 0 Å². The van der Waals surface area contributed by atoms with Gasteiger partial charge >= 0.3 is 0 Å². The average Bonchev–Trinajstić information content (AvgIpc) is 2.73. The first-order chi connectivity index (χ1) is 9.08. The van der Waals surface area contributed by atoms with E-state index < -0.39 is 0 Å². The Kier molecular flexibility index (Phi) is 3.48. The Morgan fingerprint density at radius 1 is 1.37 bits per heavy atom. The monoisotopic (exact) mass is 279 g/mol. The van der Waals surface area contributed by atoms with Crippen LogP contribution in [0.4, 0.5) is 0 Å². The van der Waals surface area contributed by atoms with Crippen molar-refractivity contribution in [2.75, 3.05) is 19.7 Å². The molecule has 0 spiro atoms. The SMILES string of the molecule is CC(C)CC1(Cc2cc(Cl)cc3c2OCC3)CNC1. The van der Waals surface area contributed by atoms with E-state index in [4.69, 9.17) is 16.3 Å². The molecule has 0 unspecified atom stereocenters. The fourth-order valence-electron chi connectivity index (χ4n) is 3.57. The highest BCUT2D eigenvalue weighted by atomic mass is 35.5. The number of hydrogen-bond donors (Lipinski definition) is 1. The minimum Gasteiger partial charge on any atom is -0.493 e. The van der Waals surface area contributed by atoms with Crippen molar-refractivity contribution in [3.63, 3.8) is 0 Å². The normalized spacial score (nSPS) is 20.0. The average molecular weight is 280 g/mol. The van der Waals surface area contributed by atoms with Gasteiger partial charge in [-0.25, -0.2) is 0 Å². The van der Waals surface area contributed by atoms with Crippen molar-refractivity contribution in [1.29, 1.82) is 0 Å². The number of hydrogen-bond acceptors (Lipinski definition) is 2. The highest BCUT2D eigenvalue weighted by Crippen LogP contribution is 2.40. The molecule has 0 atom stereocenters. The molecule has 0 aliphatic carbocycles. The van der Waals surface area contributed by atoms with Gasteiger partial charge in [0.15, 0.2) is 0 Å². The molecule has 1 aromatic rings.